The number of fused-ring (bicyclic) bond motifs is 1. The second-order valence-corrected chi connectivity index (χ2v) is 9.11. The third kappa shape index (κ3) is 3.29. The van der Waals surface area contributed by atoms with Gasteiger partial charge in [0.05, 0.1) is 0 Å². The molecule has 28 heavy (non-hydrogen) atoms. The van der Waals surface area contributed by atoms with E-state index in [-0.39, 0.29) is 0 Å². The minimum atomic E-state index is 0.404. The molecule has 5 nitrogen and oxygen atoms in total. The number of hydrogen-bond donors (Lipinski definition) is 0. The summed E-state index contributed by atoms with van der Waals surface area (Å²) in [5.41, 5.74) is 1.43. The molecule has 3 aliphatic rings. The molecule has 0 bridgehead atoms. The molecule has 1 aromatic heterocycles. The minimum absolute atomic E-state index is 0.404. The van der Waals surface area contributed by atoms with E-state index in [0.717, 1.165) is 44.1 Å². The molecule has 3 fully saturated rings. The van der Waals surface area contributed by atoms with E-state index in [1.165, 1.54) is 24.9 Å². The number of piperidine rings is 1. The molecular weight excluding hydrogens is 348 g/mol. The Kier molecular flexibility index (Phi) is 4.97. The van der Waals surface area contributed by atoms with E-state index in [2.05, 4.69) is 59.1 Å². The van der Waals surface area contributed by atoms with Gasteiger partial charge in [0.2, 0.25) is 5.89 Å². The van der Waals surface area contributed by atoms with Crippen molar-refractivity contribution in [2.75, 3.05) is 19.6 Å². The van der Waals surface area contributed by atoms with Crippen LogP contribution in [0.4, 0.5) is 0 Å². The van der Waals surface area contributed by atoms with Crippen molar-refractivity contribution in [2.24, 2.45) is 0 Å². The van der Waals surface area contributed by atoms with Crippen LogP contribution in [0.3, 0.4) is 0 Å². The molecule has 4 heterocycles. The van der Waals surface area contributed by atoms with Gasteiger partial charge in [-0.3, -0.25) is 4.90 Å². The van der Waals surface area contributed by atoms with Crippen LogP contribution in [0, 0.1) is 0 Å². The Bertz CT molecular complexity index is 781. The van der Waals surface area contributed by atoms with Crippen LogP contribution in [0.5, 0.6) is 0 Å². The Morgan fingerprint density at radius 1 is 1.04 bits per heavy atom. The molecule has 0 radical (unpaired) electrons. The number of hydrogen-bond acceptors (Lipinski definition) is 5. The van der Waals surface area contributed by atoms with Crippen LogP contribution in [0.2, 0.25) is 0 Å². The van der Waals surface area contributed by atoms with Crippen LogP contribution in [0.1, 0.15) is 81.1 Å². The van der Waals surface area contributed by atoms with E-state index in [4.69, 9.17) is 9.51 Å². The first-order valence-corrected chi connectivity index (χ1v) is 11.1. The molecule has 2 aromatic rings. The van der Waals surface area contributed by atoms with Gasteiger partial charge in [0.1, 0.15) is 0 Å². The van der Waals surface area contributed by atoms with E-state index in [1.54, 1.807) is 0 Å². The summed E-state index contributed by atoms with van der Waals surface area (Å²) in [5, 5.41) is 4.49. The molecule has 1 aromatic carbocycles. The summed E-state index contributed by atoms with van der Waals surface area (Å²) >= 11 is 0. The number of benzene rings is 1. The molecule has 3 saturated heterocycles. The van der Waals surface area contributed by atoms with E-state index in [1.807, 2.05) is 0 Å². The van der Waals surface area contributed by atoms with Gasteiger partial charge in [-0.25, -0.2) is 0 Å². The number of nitrogens with zero attached hydrogens (tertiary/aromatic N) is 4. The lowest BCUT2D eigenvalue weighted by Gasteiger charge is -2.33. The summed E-state index contributed by atoms with van der Waals surface area (Å²) in [4.78, 5) is 10.2. The molecule has 0 unspecified atom stereocenters. The van der Waals surface area contributed by atoms with Crippen LogP contribution in [0.15, 0.2) is 34.9 Å². The third-order valence-electron chi connectivity index (χ3n) is 7.27. The first kappa shape index (κ1) is 18.3. The second-order valence-electron chi connectivity index (χ2n) is 9.11. The van der Waals surface area contributed by atoms with Gasteiger partial charge in [-0.1, -0.05) is 35.5 Å². The normalized spacial score (nSPS) is 29.6. The first-order valence-electron chi connectivity index (χ1n) is 11.1. The lowest BCUT2D eigenvalue weighted by Crippen LogP contribution is -2.37. The topological polar surface area (TPSA) is 45.4 Å². The van der Waals surface area contributed by atoms with Gasteiger partial charge in [0, 0.05) is 30.0 Å². The highest BCUT2D eigenvalue weighted by molar-refractivity contribution is 5.24. The molecular formula is C23H32N4O. The summed E-state index contributed by atoms with van der Waals surface area (Å²) in [6.45, 7) is 8.02. The van der Waals surface area contributed by atoms with Crippen molar-refractivity contribution in [3.63, 3.8) is 0 Å². The van der Waals surface area contributed by atoms with Gasteiger partial charge < -0.3 is 9.42 Å². The summed E-state index contributed by atoms with van der Waals surface area (Å²) < 4.78 is 5.80. The van der Waals surface area contributed by atoms with Gasteiger partial charge in [0.15, 0.2) is 5.82 Å². The maximum absolute atomic E-state index is 5.80. The maximum Gasteiger partial charge on any atom is 0.229 e. The maximum atomic E-state index is 5.80. The molecule has 5 rings (SSSR count). The zero-order valence-corrected chi connectivity index (χ0v) is 17.1. The van der Waals surface area contributed by atoms with Crippen molar-refractivity contribution >= 4 is 0 Å². The Labute approximate surface area is 168 Å². The van der Waals surface area contributed by atoms with Gasteiger partial charge in [0.25, 0.3) is 0 Å². The van der Waals surface area contributed by atoms with E-state index < -0.39 is 0 Å². The van der Waals surface area contributed by atoms with Crippen molar-refractivity contribution in [1.82, 2.24) is 19.9 Å². The average molecular weight is 381 g/mol. The van der Waals surface area contributed by atoms with Crippen molar-refractivity contribution in [2.45, 2.75) is 75.9 Å². The standard InChI is InChI=1S/C23H32N4O/c1-16(2)26-13-10-18(11-14-26)23-24-22(25-28-23)19-15-21(17-7-4-3-5-8-17)27-12-6-9-20(19)27/h3-5,7-8,16,18-21H,6,9-15H2,1-2H3/t19-,20+,21-/m1/s1. The Morgan fingerprint density at radius 2 is 1.82 bits per heavy atom. The molecule has 150 valence electrons. The van der Waals surface area contributed by atoms with E-state index in [9.17, 15) is 0 Å². The fourth-order valence-corrected chi connectivity index (χ4v) is 5.67. The molecule has 0 amide bonds. The van der Waals surface area contributed by atoms with Gasteiger partial charge in [-0.2, -0.15) is 4.98 Å². The van der Waals surface area contributed by atoms with Gasteiger partial charge >= 0.3 is 0 Å². The van der Waals surface area contributed by atoms with Gasteiger partial charge in [-0.15, -0.1) is 0 Å². The van der Waals surface area contributed by atoms with Crippen LogP contribution in [-0.4, -0.2) is 51.7 Å². The highest BCUT2D eigenvalue weighted by Crippen LogP contribution is 2.48. The Hall–Kier alpha value is -1.72. The fraction of sp³-hybridized carbons (Fsp3) is 0.652. The van der Waals surface area contributed by atoms with Crippen molar-refractivity contribution < 1.29 is 4.52 Å². The predicted molar refractivity (Wildman–Crippen MR) is 109 cm³/mol. The second kappa shape index (κ2) is 7.60. The number of rotatable bonds is 4. The average Bonchev–Trinajstić information content (AvgIpc) is 3.45. The third-order valence-corrected chi connectivity index (χ3v) is 7.27. The molecule has 0 spiro atoms. The number of aromatic nitrogens is 2. The van der Waals surface area contributed by atoms with Crippen LogP contribution in [-0.2, 0) is 0 Å². The van der Waals surface area contributed by atoms with Crippen molar-refractivity contribution in [1.29, 1.82) is 0 Å². The number of likely N-dealkylation sites (tertiary alicyclic amines) is 1. The summed E-state index contributed by atoms with van der Waals surface area (Å²) in [6.07, 6.45) is 5.91. The largest absolute Gasteiger partial charge is 0.339 e. The van der Waals surface area contributed by atoms with Crippen LogP contribution in [0.25, 0.3) is 0 Å². The molecule has 0 N–H and O–H groups in total. The zero-order chi connectivity index (χ0) is 19.1. The Balaban J connectivity index is 1.32. The lowest BCUT2D eigenvalue weighted by molar-refractivity contribution is 0.159. The summed E-state index contributed by atoms with van der Waals surface area (Å²) in [6, 6.07) is 12.6. The minimum Gasteiger partial charge on any atom is -0.339 e. The van der Waals surface area contributed by atoms with Crippen molar-refractivity contribution in [3.05, 3.63) is 47.6 Å². The quantitative estimate of drug-likeness (QED) is 0.789. The zero-order valence-electron chi connectivity index (χ0n) is 17.1. The highest BCUT2D eigenvalue weighted by Gasteiger charge is 2.46. The lowest BCUT2D eigenvalue weighted by atomic mass is 9.93. The summed E-state index contributed by atoms with van der Waals surface area (Å²) in [7, 11) is 0. The van der Waals surface area contributed by atoms with E-state index >= 15 is 0 Å². The molecule has 3 aliphatic heterocycles. The van der Waals surface area contributed by atoms with Crippen molar-refractivity contribution in [3.8, 4) is 0 Å². The van der Waals surface area contributed by atoms with Crippen LogP contribution >= 0.6 is 0 Å². The highest BCUT2D eigenvalue weighted by atomic mass is 16.5. The molecule has 0 saturated carbocycles. The smallest absolute Gasteiger partial charge is 0.229 e. The molecule has 3 atom stereocenters. The summed E-state index contributed by atoms with van der Waals surface area (Å²) in [5.74, 6) is 2.67. The first-order chi connectivity index (χ1) is 13.7. The van der Waals surface area contributed by atoms with Gasteiger partial charge in [-0.05, 0) is 71.1 Å². The predicted octanol–water partition coefficient (Wildman–Crippen LogP) is 4.35. The SMILES string of the molecule is CC(C)N1CCC(c2nc([C@@H]3C[C@H](c4ccccc4)N4CCC[C@@H]34)no2)CC1. The van der Waals surface area contributed by atoms with E-state index in [0.29, 0.717) is 30.0 Å². The monoisotopic (exact) mass is 380 g/mol. The molecule has 5 heteroatoms. The molecule has 0 aliphatic carbocycles. The Morgan fingerprint density at radius 3 is 2.57 bits per heavy atom. The fourth-order valence-electron chi connectivity index (χ4n) is 5.67. The van der Waals surface area contributed by atoms with Crippen LogP contribution < -0.4 is 0 Å².